The number of rotatable bonds is 2. The van der Waals surface area contributed by atoms with Crippen LogP contribution in [0.15, 0.2) is 5.16 Å². The lowest BCUT2D eigenvalue weighted by atomic mass is 9.88. The molecule has 2 atom stereocenters. The van der Waals surface area contributed by atoms with E-state index >= 15 is 0 Å². The Morgan fingerprint density at radius 3 is 3.12 bits per heavy atom. The normalized spacial score (nSPS) is 27.6. The second kappa shape index (κ2) is 5.18. The first-order valence-electron chi connectivity index (χ1n) is 8.19. The molecule has 5 heterocycles. The third-order valence-electron chi connectivity index (χ3n) is 5.26. The maximum atomic E-state index is 6.17. The van der Waals surface area contributed by atoms with Crippen LogP contribution in [0.25, 0.3) is 5.00 Å². The maximum Gasteiger partial charge on any atom is 0.249 e. The highest BCUT2D eigenvalue weighted by Gasteiger charge is 2.43. The SMILES string of the molecule is CC[C@@]1(C)Cc2c(sc3c2C2NCNN2c2nnc(SC)n2-3)CO1. The summed E-state index contributed by atoms with van der Waals surface area (Å²) in [5, 5.41) is 16.6. The summed E-state index contributed by atoms with van der Waals surface area (Å²) in [6.07, 6.45) is 4.14. The van der Waals surface area contributed by atoms with Crippen molar-refractivity contribution in [1.82, 2.24) is 25.5 Å². The van der Waals surface area contributed by atoms with Crippen molar-refractivity contribution in [3.8, 4) is 5.00 Å². The van der Waals surface area contributed by atoms with Crippen LogP contribution in [0.3, 0.4) is 0 Å². The van der Waals surface area contributed by atoms with E-state index in [-0.39, 0.29) is 11.8 Å². The summed E-state index contributed by atoms with van der Waals surface area (Å²) in [7, 11) is 0. The standard InChI is InChI=1S/C15H20N6OS2/c1-4-15(2)5-8-9(6-22-15)24-12-10(8)11-16-7-17-21(11)13-18-19-14(23-3)20(12)13/h11,16-17H,4-7H2,1-3H3/t11?,15-/m0/s1. The van der Waals surface area contributed by atoms with Crippen molar-refractivity contribution in [1.29, 1.82) is 0 Å². The van der Waals surface area contributed by atoms with Crippen LogP contribution >= 0.6 is 23.1 Å². The lowest BCUT2D eigenvalue weighted by Crippen LogP contribution is -2.40. The van der Waals surface area contributed by atoms with Gasteiger partial charge < -0.3 is 4.74 Å². The fraction of sp³-hybridized carbons (Fsp3) is 0.600. The first-order valence-corrected chi connectivity index (χ1v) is 10.2. The number of ether oxygens (including phenoxy) is 1. The second-order valence-electron chi connectivity index (χ2n) is 6.63. The zero-order valence-electron chi connectivity index (χ0n) is 13.9. The Bertz CT molecular complexity index is 817. The van der Waals surface area contributed by atoms with Gasteiger partial charge in [0.15, 0.2) is 5.16 Å². The van der Waals surface area contributed by atoms with Crippen molar-refractivity contribution < 1.29 is 4.74 Å². The molecule has 0 spiro atoms. The van der Waals surface area contributed by atoms with Crippen LogP contribution < -0.4 is 15.8 Å². The summed E-state index contributed by atoms with van der Waals surface area (Å²) in [6, 6.07) is 0. The monoisotopic (exact) mass is 364 g/mol. The summed E-state index contributed by atoms with van der Waals surface area (Å²) in [5.74, 6) is 0.861. The van der Waals surface area contributed by atoms with Crippen molar-refractivity contribution in [2.24, 2.45) is 0 Å². The number of hydrogen-bond acceptors (Lipinski definition) is 8. The molecule has 1 fully saturated rings. The van der Waals surface area contributed by atoms with Gasteiger partial charge in [0.25, 0.3) is 0 Å². The van der Waals surface area contributed by atoms with Crippen molar-refractivity contribution in [3.05, 3.63) is 16.0 Å². The minimum atomic E-state index is -0.0749. The molecule has 2 aromatic rings. The number of fused-ring (bicyclic) bond motifs is 8. The van der Waals surface area contributed by atoms with Crippen LogP contribution in [0.5, 0.6) is 0 Å². The van der Waals surface area contributed by atoms with Crippen LogP contribution in [0.2, 0.25) is 0 Å². The molecule has 9 heteroatoms. The predicted octanol–water partition coefficient (Wildman–Crippen LogP) is 2.18. The number of nitrogens with zero attached hydrogens (tertiary/aromatic N) is 4. The molecule has 3 aliphatic heterocycles. The van der Waals surface area contributed by atoms with Gasteiger partial charge in [0, 0.05) is 16.9 Å². The largest absolute Gasteiger partial charge is 0.369 e. The molecule has 2 N–H and O–H groups in total. The number of thiophene rings is 1. The number of hydrogen-bond donors (Lipinski definition) is 2. The molecule has 7 nitrogen and oxygen atoms in total. The zero-order chi connectivity index (χ0) is 16.5. The Labute approximate surface area is 148 Å². The summed E-state index contributed by atoms with van der Waals surface area (Å²) >= 11 is 3.45. The lowest BCUT2D eigenvalue weighted by Gasteiger charge is -2.35. The number of aromatic nitrogens is 3. The van der Waals surface area contributed by atoms with Gasteiger partial charge in [-0.15, -0.1) is 21.5 Å². The molecule has 5 rings (SSSR count). The van der Waals surface area contributed by atoms with Crippen molar-refractivity contribution in [3.63, 3.8) is 0 Å². The molecule has 128 valence electrons. The molecule has 1 saturated heterocycles. The molecule has 0 aliphatic carbocycles. The van der Waals surface area contributed by atoms with E-state index in [1.165, 1.54) is 21.0 Å². The predicted molar refractivity (Wildman–Crippen MR) is 94.6 cm³/mol. The highest BCUT2D eigenvalue weighted by atomic mass is 32.2. The van der Waals surface area contributed by atoms with Crippen LogP contribution in [0.4, 0.5) is 5.95 Å². The Kier molecular flexibility index (Phi) is 3.27. The van der Waals surface area contributed by atoms with E-state index in [9.17, 15) is 0 Å². The van der Waals surface area contributed by atoms with E-state index in [1.807, 2.05) is 17.6 Å². The summed E-state index contributed by atoms with van der Waals surface area (Å²) in [5.41, 5.74) is 6.13. The topological polar surface area (TPSA) is 67.2 Å². The average molecular weight is 365 g/mol. The Morgan fingerprint density at radius 1 is 1.46 bits per heavy atom. The van der Waals surface area contributed by atoms with Crippen molar-refractivity contribution in [2.45, 2.75) is 50.2 Å². The van der Waals surface area contributed by atoms with E-state index in [0.717, 1.165) is 30.6 Å². The highest BCUT2D eigenvalue weighted by molar-refractivity contribution is 7.98. The molecule has 3 aliphatic rings. The fourth-order valence-corrected chi connectivity index (χ4v) is 5.51. The number of hydrazine groups is 1. The van der Waals surface area contributed by atoms with Crippen LogP contribution in [0, 0.1) is 0 Å². The minimum Gasteiger partial charge on any atom is -0.369 e. The summed E-state index contributed by atoms with van der Waals surface area (Å²) in [6.45, 7) is 5.86. The molecule has 2 aromatic heterocycles. The smallest absolute Gasteiger partial charge is 0.249 e. The van der Waals surface area contributed by atoms with Crippen molar-refractivity contribution in [2.75, 3.05) is 17.9 Å². The van der Waals surface area contributed by atoms with E-state index in [4.69, 9.17) is 4.74 Å². The van der Waals surface area contributed by atoms with Gasteiger partial charge >= 0.3 is 0 Å². The first-order chi connectivity index (χ1) is 11.6. The molecular formula is C15H20N6OS2. The highest BCUT2D eigenvalue weighted by Crippen LogP contribution is 2.48. The first kappa shape index (κ1) is 15.2. The molecule has 0 bridgehead atoms. The van der Waals surface area contributed by atoms with Gasteiger partial charge in [-0.3, -0.25) is 10.3 Å². The second-order valence-corrected chi connectivity index (χ2v) is 8.48. The van der Waals surface area contributed by atoms with Crippen LogP contribution in [-0.2, 0) is 17.8 Å². The third kappa shape index (κ3) is 1.90. The van der Waals surface area contributed by atoms with Gasteiger partial charge in [0.05, 0.1) is 18.9 Å². The maximum absolute atomic E-state index is 6.17. The minimum absolute atomic E-state index is 0.0749. The van der Waals surface area contributed by atoms with Gasteiger partial charge in [0.1, 0.15) is 11.2 Å². The molecule has 0 aromatic carbocycles. The van der Waals surface area contributed by atoms with Crippen LogP contribution in [0.1, 0.15) is 42.4 Å². The number of nitrogens with one attached hydrogen (secondary N) is 2. The molecular weight excluding hydrogens is 344 g/mol. The van der Waals surface area contributed by atoms with E-state index in [0.29, 0.717) is 6.61 Å². The molecule has 1 unspecified atom stereocenters. The van der Waals surface area contributed by atoms with E-state index in [1.54, 1.807) is 11.8 Å². The number of thioether (sulfide) groups is 1. The Balaban J connectivity index is 1.74. The van der Waals surface area contributed by atoms with Crippen molar-refractivity contribution >= 4 is 29.0 Å². The third-order valence-corrected chi connectivity index (χ3v) is 7.09. The van der Waals surface area contributed by atoms with Crippen LogP contribution in [-0.4, -0.2) is 33.3 Å². The Hall–Kier alpha value is -1.13. The quantitative estimate of drug-likeness (QED) is 0.792. The fourth-order valence-electron chi connectivity index (χ4n) is 3.72. The summed E-state index contributed by atoms with van der Waals surface area (Å²) in [4.78, 5) is 1.34. The van der Waals surface area contributed by atoms with Gasteiger partial charge in [-0.25, -0.2) is 9.99 Å². The Morgan fingerprint density at radius 2 is 2.33 bits per heavy atom. The zero-order valence-corrected chi connectivity index (χ0v) is 15.6. The van der Waals surface area contributed by atoms with Gasteiger partial charge in [-0.05, 0) is 25.2 Å². The van der Waals surface area contributed by atoms with Gasteiger partial charge in [-0.1, -0.05) is 18.7 Å². The molecule has 0 radical (unpaired) electrons. The van der Waals surface area contributed by atoms with E-state index < -0.39 is 0 Å². The molecule has 0 saturated carbocycles. The van der Waals surface area contributed by atoms with Gasteiger partial charge in [0.2, 0.25) is 5.95 Å². The number of anilines is 1. The molecule has 0 amide bonds. The lowest BCUT2D eigenvalue weighted by molar-refractivity contribution is -0.0549. The van der Waals surface area contributed by atoms with Gasteiger partial charge in [-0.2, -0.15) is 0 Å². The molecule has 24 heavy (non-hydrogen) atoms. The summed E-state index contributed by atoms with van der Waals surface area (Å²) < 4.78 is 8.35. The van der Waals surface area contributed by atoms with E-state index in [2.05, 4.69) is 44.4 Å². The average Bonchev–Trinajstić information content (AvgIpc) is 3.29.